The van der Waals surface area contributed by atoms with Crippen LogP contribution in [0.25, 0.3) is 0 Å². The van der Waals surface area contributed by atoms with E-state index in [2.05, 4.69) is 0 Å². The molecule has 0 atom stereocenters. The number of carbonyl (C=O) groups excluding carboxylic acids is 1. The molecule has 0 fully saturated rings. The molecule has 15 heavy (non-hydrogen) atoms. The average molecular weight is 288 g/mol. The van der Waals surface area contributed by atoms with Gasteiger partial charge in [-0.2, -0.15) is 0 Å². The highest BCUT2D eigenvalue weighted by Crippen LogP contribution is 2.27. The molecule has 0 heterocycles. The number of benzene rings is 1. The lowest BCUT2D eigenvalue weighted by Crippen LogP contribution is -2.01. The summed E-state index contributed by atoms with van der Waals surface area (Å²) in [4.78, 5) is 10.8. The van der Waals surface area contributed by atoms with Crippen molar-refractivity contribution < 1.29 is 13.2 Å². The number of hydrogen-bond donors (Lipinski definition) is 0. The van der Waals surface area contributed by atoms with E-state index in [9.17, 15) is 13.2 Å². The topological polar surface area (TPSA) is 51.2 Å². The SMILES string of the molecule is Cc1c(C(=O)Cl)cc(Cl)cc1S(=O)(=O)Cl. The molecule has 0 aliphatic heterocycles. The number of hydrogen-bond acceptors (Lipinski definition) is 3. The van der Waals surface area contributed by atoms with Crippen LogP contribution in [0.4, 0.5) is 0 Å². The van der Waals surface area contributed by atoms with Crippen molar-refractivity contribution in [2.75, 3.05) is 0 Å². The summed E-state index contributed by atoms with van der Waals surface area (Å²) in [5.74, 6) is 0. The highest BCUT2D eigenvalue weighted by Gasteiger charge is 2.19. The van der Waals surface area contributed by atoms with Gasteiger partial charge in [-0.25, -0.2) is 8.42 Å². The van der Waals surface area contributed by atoms with Gasteiger partial charge in [0.25, 0.3) is 14.3 Å². The van der Waals surface area contributed by atoms with Crippen molar-refractivity contribution in [1.29, 1.82) is 0 Å². The van der Waals surface area contributed by atoms with Crippen LogP contribution in [0, 0.1) is 6.92 Å². The Morgan fingerprint density at radius 2 is 1.87 bits per heavy atom. The summed E-state index contributed by atoms with van der Waals surface area (Å²) in [5, 5.41) is -0.694. The first-order valence-corrected chi connectivity index (χ1v) is 6.74. The molecule has 0 saturated heterocycles. The van der Waals surface area contributed by atoms with Gasteiger partial charge in [-0.3, -0.25) is 4.79 Å². The summed E-state index contributed by atoms with van der Waals surface area (Å²) >= 11 is 10.9. The van der Waals surface area contributed by atoms with Gasteiger partial charge in [0.1, 0.15) is 0 Å². The van der Waals surface area contributed by atoms with Gasteiger partial charge in [0, 0.05) is 21.3 Å². The zero-order valence-corrected chi connectivity index (χ0v) is 10.5. The van der Waals surface area contributed by atoms with Gasteiger partial charge < -0.3 is 0 Å². The van der Waals surface area contributed by atoms with Gasteiger partial charge in [0.2, 0.25) is 0 Å². The van der Waals surface area contributed by atoms with Crippen molar-refractivity contribution in [2.24, 2.45) is 0 Å². The molecule has 0 aliphatic rings. The number of rotatable bonds is 2. The fourth-order valence-corrected chi connectivity index (χ4v) is 2.81. The quantitative estimate of drug-likeness (QED) is 0.786. The molecule has 1 aromatic carbocycles. The Hall–Kier alpha value is -0.290. The van der Waals surface area contributed by atoms with Crippen LogP contribution in [0.5, 0.6) is 0 Å². The molecule has 7 heteroatoms. The average Bonchev–Trinajstić information content (AvgIpc) is 2.06. The molecule has 0 radical (unpaired) electrons. The molecule has 0 unspecified atom stereocenters. The molecule has 3 nitrogen and oxygen atoms in total. The van der Waals surface area contributed by atoms with Gasteiger partial charge in [0.05, 0.1) is 4.90 Å². The van der Waals surface area contributed by atoms with Crippen LogP contribution < -0.4 is 0 Å². The van der Waals surface area contributed by atoms with Gasteiger partial charge >= 0.3 is 0 Å². The molecular formula is C8H5Cl3O3S. The first kappa shape index (κ1) is 12.8. The third-order valence-corrected chi connectivity index (χ3v) is 3.67. The first-order valence-electron chi connectivity index (χ1n) is 3.68. The highest BCUT2D eigenvalue weighted by molar-refractivity contribution is 8.13. The Bertz CT molecular complexity index is 522. The van der Waals surface area contributed by atoms with Crippen LogP contribution in [-0.4, -0.2) is 13.7 Å². The maximum atomic E-state index is 11.1. The van der Waals surface area contributed by atoms with Gasteiger partial charge in [-0.05, 0) is 36.2 Å². The number of halogens is 3. The van der Waals surface area contributed by atoms with E-state index in [4.69, 9.17) is 33.9 Å². The Kier molecular flexibility index (Phi) is 3.66. The van der Waals surface area contributed by atoms with E-state index in [1.54, 1.807) is 0 Å². The summed E-state index contributed by atoms with van der Waals surface area (Å²) in [5.41, 5.74) is 0.220. The van der Waals surface area contributed by atoms with Crippen LogP contribution in [-0.2, 0) is 9.05 Å². The minimum atomic E-state index is -3.94. The van der Waals surface area contributed by atoms with Crippen molar-refractivity contribution in [2.45, 2.75) is 11.8 Å². The molecular weight excluding hydrogens is 283 g/mol. The lowest BCUT2D eigenvalue weighted by molar-refractivity contribution is 0.108. The monoisotopic (exact) mass is 286 g/mol. The molecule has 1 rings (SSSR count). The fourth-order valence-electron chi connectivity index (χ4n) is 1.11. The molecule has 1 aromatic rings. The lowest BCUT2D eigenvalue weighted by Gasteiger charge is -2.06. The second-order valence-corrected chi connectivity index (χ2v) is 6.10. The Labute approximate surface area is 101 Å². The largest absolute Gasteiger partial charge is 0.276 e. The van der Waals surface area contributed by atoms with E-state index in [0.29, 0.717) is 0 Å². The standard InChI is InChI=1S/C8H5Cl3O3S/c1-4-6(8(10)12)2-5(9)3-7(4)15(11,13)14/h2-3H,1H3. The minimum Gasteiger partial charge on any atom is -0.276 e. The van der Waals surface area contributed by atoms with Crippen molar-refractivity contribution >= 4 is 48.2 Å². The fraction of sp³-hybridized carbons (Fsp3) is 0.125. The summed E-state index contributed by atoms with van der Waals surface area (Å²) in [6.45, 7) is 1.43. The zero-order chi connectivity index (χ0) is 11.8. The molecule has 0 saturated carbocycles. The summed E-state index contributed by atoms with van der Waals surface area (Å²) in [6, 6.07) is 2.46. The molecule has 0 bridgehead atoms. The highest BCUT2D eigenvalue weighted by atomic mass is 35.7. The van der Waals surface area contributed by atoms with E-state index >= 15 is 0 Å². The van der Waals surface area contributed by atoms with E-state index < -0.39 is 14.3 Å². The Morgan fingerprint density at radius 1 is 1.33 bits per heavy atom. The number of carbonyl (C=O) groups is 1. The molecule has 0 spiro atoms. The van der Waals surface area contributed by atoms with Crippen molar-refractivity contribution in [3.63, 3.8) is 0 Å². The third kappa shape index (κ3) is 2.84. The molecule has 0 aliphatic carbocycles. The van der Waals surface area contributed by atoms with E-state index in [0.717, 1.165) is 0 Å². The predicted octanol–water partition coefficient (Wildman–Crippen LogP) is 2.95. The Balaban J connectivity index is 3.63. The van der Waals surface area contributed by atoms with Gasteiger partial charge in [-0.1, -0.05) is 11.6 Å². The second kappa shape index (κ2) is 4.29. The van der Waals surface area contributed by atoms with Gasteiger partial charge in [-0.15, -0.1) is 0 Å². The second-order valence-electron chi connectivity index (χ2n) is 2.79. The van der Waals surface area contributed by atoms with E-state index in [1.165, 1.54) is 19.1 Å². The summed E-state index contributed by atoms with van der Waals surface area (Å²) < 4.78 is 22.3. The van der Waals surface area contributed by atoms with Crippen molar-refractivity contribution in [1.82, 2.24) is 0 Å². The van der Waals surface area contributed by atoms with Crippen LogP contribution in [0.15, 0.2) is 17.0 Å². The van der Waals surface area contributed by atoms with Crippen molar-refractivity contribution in [3.05, 3.63) is 28.3 Å². The van der Waals surface area contributed by atoms with E-state index in [1.807, 2.05) is 0 Å². The maximum Gasteiger partial charge on any atom is 0.261 e. The Morgan fingerprint density at radius 3 is 2.27 bits per heavy atom. The smallest absolute Gasteiger partial charge is 0.261 e. The first-order chi connectivity index (χ1) is 6.73. The van der Waals surface area contributed by atoms with E-state index in [-0.39, 0.29) is 21.0 Å². The minimum absolute atomic E-state index is 0.0309. The summed E-state index contributed by atoms with van der Waals surface area (Å²) in [7, 11) is 1.24. The molecule has 0 aromatic heterocycles. The third-order valence-electron chi connectivity index (χ3n) is 1.80. The molecule has 0 amide bonds. The maximum absolute atomic E-state index is 11.1. The predicted molar refractivity (Wildman–Crippen MR) is 59.4 cm³/mol. The van der Waals surface area contributed by atoms with Gasteiger partial charge in [0.15, 0.2) is 0 Å². The van der Waals surface area contributed by atoms with Crippen molar-refractivity contribution in [3.8, 4) is 0 Å². The van der Waals surface area contributed by atoms with Crippen LogP contribution in [0.3, 0.4) is 0 Å². The normalized spacial score (nSPS) is 11.5. The zero-order valence-electron chi connectivity index (χ0n) is 7.42. The molecule has 0 N–H and O–H groups in total. The van der Waals surface area contributed by atoms with Crippen LogP contribution in [0.2, 0.25) is 5.02 Å². The molecule has 82 valence electrons. The van der Waals surface area contributed by atoms with Crippen LogP contribution in [0.1, 0.15) is 15.9 Å². The summed E-state index contributed by atoms with van der Waals surface area (Å²) in [6.07, 6.45) is 0. The lowest BCUT2D eigenvalue weighted by atomic mass is 10.1. The van der Waals surface area contributed by atoms with Crippen LogP contribution >= 0.6 is 33.9 Å².